The molecule has 0 bridgehead atoms. The van der Waals surface area contributed by atoms with Crippen molar-refractivity contribution in [3.63, 3.8) is 0 Å². The highest BCUT2D eigenvalue weighted by atomic mass is 79.9. The van der Waals surface area contributed by atoms with Crippen LogP contribution in [0, 0.1) is 0 Å². The zero-order valence-corrected chi connectivity index (χ0v) is 13.2. The molecule has 2 heterocycles. The number of nitrogens with one attached hydrogen (secondary N) is 1. The Kier molecular flexibility index (Phi) is 4.56. The van der Waals surface area contributed by atoms with E-state index in [0.717, 1.165) is 4.47 Å². The number of thiazole rings is 1. The number of hydrogen-bond acceptors (Lipinski definition) is 5. The van der Waals surface area contributed by atoms with Crippen molar-refractivity contribution in [1.29, 1.82) is 0 Å². The summed E-state index contributed by atoms with van der Waals surface area (Å²) < 4.78 is 7.10. The number of anilines is 1. The molecule has 2 aromatic rings. The third-order valence-corrected chi connectivity index (χ3v) is 3.77. The predicted octanol–water partition coefficient (Wildman–Crippen LogP) is 2.21. The van der Waals surface area contributed by atoms with Crippen LogP contribution in [-0.4, -0.2) is 28.5 Å². The van der Waals surface area contributed by atoms with E-state index in [1.165, 1.54) is 18.4 Å². The molecule has 106 valence electrons. The van der Waals surface area contributed by atoms with Crippen LogP contribution in [0.25, 0.3) is 0 Å². The summed E-state index contributed by atoms with van der Waals surface area (Å²) in [4.78, 5) is 27.4. The van der Waals surface area contributed by atoms with E-state index in [1.807, 2.05) is 0 Å². The molecule has 0 fully saturated rings. The monoisotopic (exact) mass is 357 g/mol. The molecule has 2 rings (SSSR count). The lowest BCUT2D eigenvalue weighted by atomic mass is 10.3. The fourth-order valence-electron chi connectivity index (χ4n) is 1.58. The molecule has 0 atom stereocenters. The highest BCUT2D eigenvalue weighted by molar-refractivity contribution is 9.10. The molecule has 0 saturated carbocycles. The maximum Gasteiger partial charge on any atom is 0.311 e. The van der Waals surface area contributed by atoms with Gasteiger partial charge in [-0.25, -0.2) is 4.98 Å². The van der Waals surface area contributed by atoms with Gasteiger partial charge in [-0.05, 0) is 22.0 Å². The van der Waals surface area contributed by atoms with Gasteiger partial charge in [-0.3, -0.25) is 14.9 Å². The molecule has 6 nitrogen and oxygen atoms in total. The summed E-state index contributed by atoms with van der Waals surface area (Å²) >= 11 is 4.58. The van der Waals surface area contributed by atoms with Gasteiger partial charge in [-0.2, -0.15) is 0 Å². The molecule has 1 amide bonds. The SMILES string of the molecule is COC(=O)Cc1csc(NC(=O)c2cc(Br)cn2C)n1. The van der Waals surface area contributed by atoms with Gasteiger partial charge in [0.05, 0.1) is 19.2 Å². The van der Waals surface area contributed by atoms with Crippen LogP contribution in [0.5, 0.6) is 0 Å². The van der Waals surface area contributed by atoms with Crippen molar-refractivity contribution in [2.75, 3.05) is 12.4 Å². The number of carbonyl (C=O) groups excluding carboxylic acids is 2. The van der Waals surface area contributed by atoms with Crippen LogP contribution in [-0.2, 0) is 23.0 Å². The second-order valence-corrected chi connectivity index (χ2v) is 5.78. The Hall–Kier alpha value is -1.67. The molecule has 0 aliphatic heterocycles. The molecule has 0 aliphatic rings. The number of methoxy groups -OCH3 is 1. The van der Waals surface area contributed by atoms with Gasteiger partial charge < -0.3 is 9.30 Å². The Morgan fingerprint density at radius 3 is 2.90 bits per heavy atom. The van der Waals surface area contributed by atoms with Gasteiger partial charge in [-0.1, -0.05) is 0 Å². The Balaban J connectivity index is 2.05. The Labute approximate surface area is 127 Å². The summed E-state index contributed by atoms with van der Waals surface area (Å²) in [6.45, 7) is 0. The molecular weight excluding hydrogens is 346 g/mol. The van der Waals surface area contributed by atoms with Gasteiger partial charge in [-0.15, -0.1) is 11.3 Å². The molecule has 0 saturated heterocycles. The lowest BCUT2D eigenvalue weighted by Gasteiger charge is -2.02. The lowest BCUT2D eigenvalue weighted by molar-refractivity contribution is -0.139. The van der Waals surface area contributed by atoms with E-state index in [2.05, 4.69) is 31.0 Å². The van der Waals surface area contributed by atoms with Crippen molar-refractivity contribution < 1.29 is 14.3 Å². The number of aromatic nitrogens is 2. The number of ether oxygens (including phenoxy) is 1. The minimum absolute atomic E-state index is 0.0958. The molecule has 0 spiro atoms. The molecule has 20 heavy (non-hydrogen) atoms. The average Bonchev–Trinajstić information content (AvgIpc) is 2.95. The topological polar surface area (TPSA) is 73.2 Å². The summed E-state index contributed by atoms with van der Waals surface area (Å²) in [6, 6.07) is 1.72. The first kappa shape index (κ1) is 14.7. The van der Waals surface area contributed by atoms with Crippen LogP contribution in [0.2, 0.25) is 0 Å². The van der Waals surface area contributed by atoms with Crippen LogP contribution in [0.1, 0.15) is 16.2 Å². The Morgan fingerprint density at radius 2 is 2.30 bits per heavy atom. The van der Waals surface area contributed by atoms with E-state index < -0.39 is 0 Å². The summed E-state index contributed by atoms with van der Waals surface area (Å²) in [5.74, 6) is -0.614. The minimum atomic E-state index is -0.362. The Morgan fingerprint density at radius 1 is 1.55 bits per heavy atom. The fraction of sp³-hybridized carbons (Fsp3) is 0.250. The predicted molar refractivity (Wildman–Crippen MR) is 78.9 cm³/mol. The van der Waals surface area contributed by atoms with E-state index in [-0.39, 0.29) is 18.3 Å². The van der Waals surface area contributed by atoms with Crippen LogP contribution in [0.15, 0.2) is 22.1 Å². The molecule has 1 N–H and O–H groups in total. The van der Waals surface area contributed by atoms with Crippen molar-refractivity contribution in [2.24, 2.45) is 7.05 Å². The van der Waals surface area contributed by atoms with E-state index >= 15 is 0 Å². The van der Waals surface area contributed by atoms with Crippen molar-refractivity contribution >= 4 is 44.3 Å². The second-order valence-electron chi connectivity index (χ2n) is 4.01. The van der Waals surface area contributed by atoms with Crippen LogP contribution < -0.4 is 5.32 Å². The lowest BCUT2D eigenvalue weighted by Crippen LogP contribution is -2.15. The number of rotatable bonds is 4. The average molecular weight is 358 g/mol. The zero-order valence-electron chi connectivity index (χ0n) is 10.8. The van der Waals surface area contributed by atoms with Crippen LogP contribution in [0.3, 0.4) is 0 Å². The highest BCUT2D eigenvalue weighted by Gasteiger charge is 2.14. The number of hydrogen-bond donors (Lipinski definition) is 1. The zero-order chi connectivity index (χ0) is 14.7. The smallest absolute Gasteiger partial charge is 0.311 e. The van der Waals surface area contributed by atoms with Gasteiger partial charge in [0, 0.05) is 23.1 Å². The maximum atomic E-state index is 12.1. The third-order valence-electron chi connectivity index (χ3n) is 2.53. The number of halogens is 1. The van der Waals surface area contributed by atoms with E-state index in [0.29, 0.717) is 16.5 Å². The molecule has 0 aromatic carbocycles. The number of esters is 1. The summed E-state index contributed by atoms with van der Waals surface area (Å²) in [6.07, 6.45) is 1.89. The van der Waals surface area contributed by atoms with Gasteiger partial charge in [0.25, 0.3) is 5.91 Å². The van der Waals surface area contributed by atoms with Crippen LogP contribution >= 0.6 is 27.3 Å². The van der Waals surface area contributed by atoms with Crippen molar-refractivity contribution in [1.82, 2.24) is 9.55 Å². The minimum Gasteiger partial charge on any atom is -0.469 e. The van der Waals surface area contributed by atoms with Gasteiger partial charge in [0.15, 0.2) is 5.13 Å². The first-order chi connectivity index (χ1) is 9.49. The van der Waals surface area contributed by atoms with E-state index in [9.17, 15) is 9.59 Å². The Bertz CT molecular complexity index is 650. The number of nitrogens with zero attached hydrogens (tertiary/aromatic N) is 2. The standard InChI is InChI=1S/C12H12BrN3O3S/c1-16-5-7(13)3-9(16)11(18)15-12-14-8(6-20-12)4-10(17)19-2/h3,5-6H,4H2,1-2H3,(H,14,15,18). The van der Waals surface area contributed by atoms with Crippen molar-refractivity contribution in [3.05, 3.63) is 33.5 Å². The number of aryl methyl sites for hydroxylation is 1. The van der Waals surface area contributed by atoms with Crippen LogP contribution in [0.4, 0.5) is 5.13 Å². The molecule has 0 unspecified atom stereocenters. The molecular formula is C12H12BrN3O3S. The van der Waals surface area contributed by atoms with Gasteiger partial charge in [0.1, 0.15) is 5.69 Å². The maximum absolute atomic E-state index is 12.1. The summed E-state index contributed by atoms with van der Waals surface area (Å²) in [5.41, 5.74) is 1.09. The first-order valence-corrected chi connectivity index (χ1v) is 7.31. The van der Waals surface area contributed by atoms with E-state index in [1.54, 1.807) is 29.3 Å². The fourth-order valence-corrected chi connectivity index (χ4v) is 2.81. The third kappa shape index (κ3) is 3.45. The molecule has 8 heteroatoms. The van der Waals surface area contributed by atoms with Gasteiger partial charge in [0.2, 0.25) is 0 Å². The normalized spacial score (nSPS) is 10.3. The summed E-state index contributed by atoms with van der Waals surface area (Å²) in [7, 11) is 3.11. The number of amides is 1. The van der Waals surface area contributed by atoms with Crippen molar-refractivity contribution in [2.45, 2.75) is 6.42 Å². The summed E-state index contributed by atoms with van der Waals surface area (Å²) in [5, 5.41) is 4.86. The first-order valence-electron chi connectivity index (χ1n) is 5.64. The van der Waals surface area contributed by atoms with Crippen molar-refractivity contribution in [3.8, 4) is 0 Å². The second kappa shape index (κ2) is 6.19. The largest absolute Gasteiger partial charge is 0.469 e. The van der Waals surface area contributed by atoms with E-state index in [4.69, 9.17) is 0 Å². The molecule has 0 radical (unpaired) electrons. The highest BCUT2D eigenvalue weighted by Crippen LogP contribution is 2.19. The molecule has 2 aromatic heterocycles. The quantitative estimate of drug-likeness (QED) is 0.851. The number of carbonyl (C=O) groups is 2. The van der Waals surface area contributed by atoms with Gasteiger partial charge >= 0.3 is 5.97 Å². The molecule has 0 aliphatic carbocycles.